The molecule has 0 aliphatic heterocycles. The van der Waals surface area contributed by atoms with E-state index in [9.17, 15) is 0 Å². The molecule has 0 atom stereocenters. The first-order chi connectivity index (χ1) is 8.83. The summed E-state index contributed by atoms with van der Waals surface area (Å²) in [6, 6.07) is 5.81. The van der Waals surface area contributed by atoms with E-state index in [2.05, 4.69) is 10.3 Å². The second kappa shape index (κ2) is 6.26. The van der Waals surface area contributed by atoms with Gasteiger partial charge in [0.15, 0.2) is 11.5 Å². The fourth-order valence-corrected chi connectivity index (χ4v) is 2.13. The smallest absolute Gasteiger partial charge is 0.163 e. The van der Waals surface area contributed by atoms with Gasteiger partial charge in [-0.05, 0) is 19.1 Å². The molecule has 2 aromatic rings. The summed E-state index contributed by atoms with van der Waals surface area (Å²) in [6.07, 6.45) is 1.81. The van der Waals surface area contributed by atoms with Crippen LogP contribution in [-0.2, 0) is 6.54 Å². The van der Waals surface area contributed by atoms with Gasteiger partial charge >= 0.3 is 0 Å². The zero-order valence-electron chi connectivity index (χ0n) is 10.5. The van der Waals surface area contributed by atoms with E-state index < -0.39 is 0 Å². The van der Waals surface area contributed by atoms with E-state index in [0.29, 0.717) is 6.61 Å². The van der Waals surface area contributed by atoms with Gasteiger partial charge in [0.2, 0.25) is 0 Å². The Bertz CT molecular complexity index is 486. The third-order valence-electron chi connectivity index (χ3n) is 2.39. The molecule has 1 N–H and O–H groups in total. The van der Waals surface area contributed by atoms with Crippen LogP contribution in [-0.4, -0.2) is 18.7 Å². The molecule has 0 spiro atoms. The van der Waals surface area contributed by atoms with Crippen molar-refractivity contribution >= 4 is 17.0 Å². The molecule has 0 aliphatic rings. The number of hydrogen-bond donors (Lipinski definition) is 1. The lowest BCUT2D eigenvalue weighted by atomic mass is 10.2. The topological polar surface area (TPSA) is 43.4 Å². The van der Waals surface area contributed by atoms with Crippen LogP contribution in [0.2, 0.25) is 0 Å². The Morgan fingerprint density at radius 2 is 2.22 bits per heavy atom. The second-order valence-corrected chi connectivity index (χ2v) is 4.56. The average molecular weight is 264 g/mol. The molecule has 0 unspecified atom stereocenters. The molecule has 5 heteroatoms. The SMILES string of the molecule is CCOc1cc(NCc2nccs2)ccc1OC. The van der Waals surface area contributed by atoms with Gasteiger partial charge in [0, 0.05) is 23.3 Å². The molecule has 0 aliphatic carbocycles. The first-order valence-corrected chi connectivity index (χ1v) is 6.64. The van der Waals surface area contributed by atoms with E-state index in [0.717, 1.165) is 28.7 Å². The maximum atomic E-state index is 5.53. The van der Waals surface area contributed by atoms with Crippen molar-refractivity contribution in [3.63, 3.8) is 0 Å². The van der Waals surface area contributed by atoms with Crippen molar-refractivity contribution in [3.8, 4) is 11.5 Å². The van der Waals surface area contributed by atoms with E-state index in [4.69, 9.17) is 9.47 Å². The molecule has 96 valence electrons. The molecule has 1 aromatic carbocycles. The zero-order chi connectivity index (χ0) is 12.8. The van der Waals surface area contributed by atoms with Crippen molar-refractivity contribution in [1.29, 1.82) is 0 Å². The van der Waals surface area contributed by atoms with Crippen LogP contribution >= 0.6 is 11.3 Å². The molecule has 0 amide bonds. The summed E-state index contributed by atoms with van der Waals surface area (Å²) in [7, 11) is 1.64. The number of benzene rings is 1. The van der Waals surface area contributed by atoms with Crippen LogP contribution in [0.5, 0.6) is 11.5 Å². The molecule has 2 rings (SSSR count). The third-order valence-corrected chi connectivity index (χ3v) is 3.17. The van der Waals surface area contributed by atoms with E-state index in [1.807, 2.05) is 30.5 Å². The van der Waals surface area contributed by atoms with Gasteiger partial charge in [0.25, 0.3) is 0 Å². The molecule has 0 radical (unpaired) electrons. The molecular weight excluding hydrogens is 248 g/mol. The van der Waals surface area contributed by atoms with Crippen LogP contribution in [0.1, 0.15) is 11.9 Å². The third kappa shape index (κ3) is 3.13. The highest BCUT2D eigenvalue weighted by Gasteiger charge is 2.05. The maximum Gasteiger partial charge on any atom is 0.163 e. The number of aromatic nitrogens is 1. The molecule has 1 heterocycles. The van der Waals surface area contributed by atoms with Crippen molar-refractivity contribution in [3.05, 3.63) is 34.8 Å². The fourth-order valence-electron chi connectivity index (χ4n) is 1.57. The monoisotopic (exact) mass is 264 g/mol. The molecule has 1 aromatic heterocycles. The normalized spacial score (nSPS) is 10.1. The maximum absolute atomic E-state index is 5.53. The van der Waals surface area contributed by atoms with Gasteiger partial charge in [0.05, 0.1) is 20.3 Å². The second-order valence-electron chi connectivity index (χ2n) is 3.58. The van der Waals surface area contributed by atoms with Gasteiger partial charge in [-0.15, -0.1) is 11.3 Å². The number of nitrogens with zero attached hydrogens (tertiary/aromatic N) is 1. The Hall–Kier alpha value is -1.75. The summed E-state index contributed by atoms with van der Waals surface area (Å²) in [6.45, 7) is 3.29. The summed E-state index contributed by atoms with van der Waals surface area (Å²) in [5.74, 6) is 1.50. The minimum Gasteiger partial charge on any atom is -0.493 e. The van der Waals surface area contributed by atoms with Gasteiger partial charge in [-0.3, -0.25) is 0 Å². The first-order valence-electron chi connectivity index (χ1n) is 5.76. The molecule has 0 fully saturated rings. The van der Waals surface area contributed by atoms with Gasteiger partial charge in [-0.2, -0.15) is 0 Å². The van der Waals surface area contributed by atoms with Crippen molar-refractivity contribution in [2.45, 2.75) is 13.5 Å². The first kappa shape index (κ1) is 12.7. The average Bonchev–Trinajstić information content (AvgIpc) is 2.90. The van der Waals surface area contributed by atoms with Crippen LogP contribution in [0.4, 0.5) is 5.69 Å². The van der Waals surface area contributed by atoms with Crippen LogP contribution in [0, 0.1) is 0 Å². The Morgan fingerprint density at radius 1 is 1.33 bits per heavy atom. The quantitative estimate of drug-likeness (QED) is 0.870. The summed E-state index contributed by atoms with van der Waals surface area (Å²) in [5, 5.41) is 6.34. The van der Waals surface area contributed by atoms with Gasteiger partial charge in [-0.1, -0.05) is 0 Å². The largest absolute Gasteiger partial charge is 0.493 e. The Morgan fingerprint density at radius 3 is 2.89 bits per heavy atom. The highest BCUT2D eigenvalue weighted by molar-refractivity contribution is 7.09. The minimum absolute atomic E-state index is 0.617. The number of methoxy groups -OCH3 is 1. The Labute approximate surface area is 111 Å². The minimum atomic E-state index is 0.617. The van der Waals surface area contributed by atoms with Crippen LogP contribution in [0.15, 0.2) is 29.8 Å². The van der Waals surface area contributed by atoms with E-state index in [-0.39, 0.29) is 0 Å². The van der Waals surface area contributed by atoms with Crippen molar-refractivity contribution in [2.24, 2.45) is 0 Å². The van der Waals surface area contributed by atoms with Gasteiger partial charge in [-0.25, -0.2) is 4.98 Å². The fraction of sp³-hybridized carbons (Fsp3) is 0.308. The summed E-state index contributed by atoms with van der Waals surface area (Å²) in [5.41, 5.74) is 0.995. The number of ether oxygens (including phenoxy) is 2. The number of rotatable bonds is 6. The number of nitrogens with one attached hydrogen (secondary N) is 1. The van der Waals surface area contributed by atoms with Crippen LogP contribution in [0.25, 0.3) is 0 Å². The Kier molecular flexibility index (Phi) is 4.41. The van der Waals surface area contributed by atoms with Crippen LogP contribution in [0.3, 0.4) is 0 Å². The van der Waals surface area contributed by atoms with E-state index >= 15 is 0 Å². The van der Waals surface area contributed by atoms with Crippen molar-refractivity contribution in [2.75, 3.05) is 19.0 Å². The summed E-state index contributed by atoms with van der Waals surface area (Å²) < 4.78 is 10.8. The number of anilines is 1. The van der Waals surface area contributed by atoms with E-state index in [1.165, 1.54) is 0 Å². The predicted molar refractivity (Wildman–Crippen MR) is 73.6 cm³/mol. The highest BCUT2D eigenvalue weighted by atomic mass is 32.1. The molecular formula is C13H16N2O2S. The van der Waals surface area contributed by atoms with Gasteiger partial charge in [0.1, 0.15) is 5.01 Å². The lowest BCUT2D eigenvalue weighted by molar-refractivity contribution is 0.311. The van der Waals surface area contributed by atoms with Gasteiger partial charge < -0.3 is 14.8 Å². The highest BCUT2D eigenvalue weighted by Crippen LogP contribution is 2.30. The predicted octanol–water partition coefficient (Wildman–Crippen LogP) is 3.16. The van der Waals surface area contributed by atoms with Crippen LogP contribution < -0.4 is 14.8 Å². The standard InChI is InChI=1S/C13H16N2O2S/c1-3-17-12-8-10(4-5-11(12)16-2)15-9-13-14-6-7-18-13/h4-8,15H,3,9H2,1-2H3. The number of thiazole rings is 1. The molecule has 4 nitrogen and oxygen atoms in total. The molecule has 0 bridgehead atoms. The molecule has 0 saturated heterocycles. The summed E-state index contributed by atoms with van der Waals surface area (Å²) >= 11 is 1.63. The lowest BCUT2D eigenvalue weighted by Crippen LogP contribution is -2.00. The Balaban J connectivity index is 2.06. The molecule has 18 heavy (non-hydrogen) atoms. The van der Waals surface area contributed by atoms with Crippen molar-refractivity contribution in [1.82, 2.24) is 4.98 Å². The molecule has 0 saturated carbocycles. The van der Waals surface area contributed by atoms with Crippen molar-refractivity contribution < 1.29 is 9.47 Å². The zero-order valence-corrected chi connectivity index (χ0v) is 11.3. The van der Waals surface area contributed by atoms with E-state index in [1.54, 1.807) is 24.6 Å². The number of hydrogen-bond acceptors (Lipinski definition) is 5. The summed E-state index contributed by atoms with van der Waals surface area (Å²) in [4.78, 5) is 4.22. The lowest BCUT2D eigenvalue weighted by Gasteiger charge is -2.11.